The van der Waals surface area contributed by atoms with Crippen molar-refractivity contribution in [2.75, 3.05) is 15.9 Å². The molecule has 0 bridgehead atoms. The first-order chi connectivity index (χ1) is 8.92. The van der Waals surface area contributed by atoms with Crippen LogP contribution in [0.5, 0.6) is 0 Å². The number of carbonyl (C=O) groups is 1. The van der Waals surface area contributed by atoms with Crippen LogP contribution in [0.4, 0.5) is 5.69 Å². The van der Waals surface area contributed by atoms with Crippen molar-refractivity contribution in [1.82, 2.24) is 0 Å². The fourth-order valence-corrected chi connectivity index (χ4v) is 3.66. The van der Waals surface area contributed by atoms with Crippen molar-refractivity contribution in [3.05, 3.63) is 30.3 Å². The lowest BCUT2D eigenvalue weighted by atomic mass is 9.80. The first-order valence-electron chi connectivity index (χ1n) is 6.85. The van der Waals surface area contributed by atoms with Crippen LogP contribution in [0.25, 0.3) is 0 Å². The summed E-state index contributed by atoms with van der Waals surface area (Å²) >= 11 is 2.42. The minimum absolute atomic E-state index is 0.178. The van der Waals surface area contributed by atoms with Crippen LogP contribution in [0.1, 0.15) is 27.2 Å². The molecule has 1 aliphatic rings. The molecule has 0 aromatic heterocycles. The molecular formula is C16H22INO. The van der Waals surface area contributed by atoms with Crippen molar-refractivity contribution in [2.24, 2.45) is 17.3 Å². The number of amides is 1. The van der Waals surface area contributed by atoms with Gasteiger partial charge in [0.05, 0.1) is 0 Å². The monoisotopic (exact) mass is 371 g/mol. The standard InChI is InChI=1S/C16H22INO/c1-16(2,3)9-14-12(10-17)11-18(15(14)19)13-7-5-4-6-8-13/h4-8,12,14H,9-11H2,1-3H3/t12-,14+/m0/s1. The molecule has 2 rings (SSSR count). The van der Waals surface area contributed by atoms with Crippen molar-refractivity contribution >= 4 is 34.2 Å². The molecular weight excluding hydrogens is 349 g/mol. The van der Waals surface area contributed by atoms with Gasteiger partial charge >= 0.3 is 0 Å². The Bertz CT molecular complexity index is 438. The molecule has 104 valence electrons. The lowest BCUT2D eigenvalue weighted by Gasteiger charge is -2.24. The summed E-state index contributed by atoms with van der Waals surface area (Å²) in [6.45, 7) is 7.52. The van der Waals surface area contributed by atoms with E-state index in [2.05, 4.69) is 43.4 Å². The Balaban J connectivity index is 2.20. The Labute approximate surface area is 129 Å². The van der Waals surface area contributed by atoms with Crippen molar-refractivity contribution in [3.63, 3.8) is 0 Å². The topological polar surface area (TPSA) is 20.3 Å². The third-order valence-corrected chi connectivity index (χ3v) is 4.80. The van der Waals surface area contributed by atoms with Gasteiger partial charge in [-0.1, -0.05) is 61.6 Å². The minimum atomic E-state index is 0.178. The molecule has 1 saturated heterocycles. The molecule has 0 saturated carbocycles. The zero-order chi connectivity index (χ0) is 14.0. The average molecular weight is 371 g/mol. The molecule has 0 unspecified atom stereocenters. The van der Waals surface area contributed by atoms with Crippen LogP contribution in [0.2, 0.25) is 0 Å². The number of rotatable bonds is 3. The number of nitrogens with zero attached hydrogens (tertiary/aromatic N) is 1. The van der Waals surface area contributed by atoms with Crippen molar-refractivity contribution in [2.45, 2.75) is 27.2 Å². The number of para-hydroxylation sites is 1. The average Bonchev–Trinajstić information content (AvgIpc) is 2.66. The summed E-state index contributed by atoms with van der Waals surface area (Å²) in [7, 11) is 0. The largest absolute Gasteiger partial charge is 0.312 e. The molecule has 19 heavy (non-hydrogen) atoms. The number of anilines is 1. The predicted octanol–water partition coefficient (Wildman–Crippen LogP) is 4.14. The molecule has 1 aliphatic heterocycles. The SMILES string of the molecule is CC(C)(C)C[C@H]1C(=O)N(c2ccccc2)C[C@@H]1CI. The van der Waals surface area contributed by atoms with Gasteiger partial charge in [-0.3, -0.25) is 4.79 Å². The first kappa shape index (κ1) is 14.8. The number of halogens is 1. The van der Waals surface area contributed by atoms with E-state index in [0.29, 0.717) is 11.8 Å². The number of benzene rings is 1. The van der Waals surface area contributed by atoms with Crippen LogP contribution < -0.4 is 4.90 Å². The van der Waals surface area contributed by atoms with E-state index in [4.69, 9.17) is 0 Å². The van der Waals surface area contributed by atoms with Crippen molar-refractivity contribution in [1.29, 1.82) is 0 Å². The maximum Gasteiger partial charge on any atom is 0.230 e. The Morgan fingerprint density at radius 1 is 1.26 bits per heavy atom. The molecule has 0 radical (unpaired) electrons. The van der Waals surface area contributed by atoms with Gasteiger partial charge in [0.1, 0.15) is 0 Å². The van der Waals surface area contributed by atoms with Gasteiger partial charge in [-0.2, -0.15) is 0 Å². The lowest BCUT2D eigenvalue weighted by molar-refractivity contribution is -0.121. The molecule has 2 atom stereocenters. The summed E-state index contributed by atoms with van der Waals surface area (Å²) in [5.74, 6) is 0.965. The number of alkyl halides is 1. The van der Waals surface area contributed by atoms with Crippen LogP contribution in [0.3, 0.4) is 0 Å². The predicted molar refractivity (Wildman–Crippen MR) is 88.7 cm³/mol. The Morgan fingerprint density at radius 2 is 1.89 bits per heavy atom. The molecule has 2 nitrogen and oxygen atoms in total. The number of hydrogen-bond donors (Lipinski definition) is 0. The zero-order valence-corrected chi connectivity index (χ0v) is 14.1. The highest BCUT2D eigenvalue weighted by atomic mass is 127. The smallest absolute Gasteiger partial charge is 0.230 e. The molecule has 1 aromatic rings. The number of hydrogen-bond acceptors (Lipinski definition) is 1. The van der Waals surface area contributed by atoms with Crippen LogP contribution in [0.15, 0.2) is 30.3 Å². The van der Waals surface area contributed by atoms with E-state index in [9.17, 15) is 4.79 Å². The summed E-state index contributed by atoms with van der Waals surface area (Å²) < 4.78 is 1.05. The summed E-state index contributed by atoms with van der Waals surface area (Å²) in [4.78, 5) is 14.6. The van der Waals surface area contributed by atoms with E-state index in [-0.39, 0.29) is 11.3 Å². The number of carbonyl (C=O) groups excluding carboxylic acids is 1. The highest BCUT2D eigenvalue weighted by Crippen LogP contribution is 2.37. The van der Waals surface area contributed by atoms with E-state index < -0.39 is 0 Å². The van der Waals surface area contributed by atoms with E-state index in [1.54, 1.807) is 0 Å². The Hall–Kier alpha value is -0.580. The second-order valence-electron chi connectivity index (χ2n) is 6.57. The lowest BCUT2D eigenvalue weighted by Crippen LogP contribution is -2.28. The van der Waals surface area contributed by atoms with Crippen LogP contribution in [-0.2, 0) is 4.79 Å². The molecule has 1 aromatic carbocycles. The summed E-state index contributed by atoms with van der Waals surface area (Å²) in [5, 5.41) is 0. The van der Waals surface area contributed by atoms with Crippen LogP contribution >= 0.6 is 22.6 Å². The van der Waals surface area contributed by atoms with Gasteiger partial charge in [0, 0.05) is 22.6 Å². The van der Waals surface area contributed by atoms with Gasteiger partial charge in [0.25, 0.3) is 0 Å². The van der Waals surface area contributed by atoms with E-state index in [1.807, 2.05) is 35.2 Å². The van der Waals surface area contributed by atoms with Gasteiger partial charge < -0.3 is 4.90 Å². The molecule has 1 heterocycles. The normalized spacial score (nSPS) is 24.0. The molecule has 0 N–H and O–H groups in total. The zero-order valence-electron chi connectivity index (χ0n) is 11.9. The maximum absolute atomic E-state index is 12.7. The summed E-state index contributed by atoms with van der Waals surface area (Å²) in [6.07, 6.45) is 0.975. The van der Waals surface area contributed by atoms with Crippen molar-refractivity contribution < 1.29 is 4.79 Å². The van der Waals surface area contributed by atoms with Gasteiger partial charge in [-0.25, -0.2) is 0 Å². The van der Waals surface area contributed by atoms with Crippen LogP contribution in [0, 0.1) is 17.3 Å². The van der Waals surface area contributed by atoms with E-state index >= 15 is 0 Å². The highest BCUT2D eigenvalue weighted by Gasteiger charge is 2.41. The third-order valence-electron chi connectivity index (χ3n) is 3.67. The highest BCUT2D eigenvalue weighted by molar-refractivity contribution is 14.1. The van der Waals surface area contributed by atoms with Gasteiger partial charge in [0.15, 0.2) is 0 Å². The first-order valence-corrected chi connectivity index (χ1v) is 8.37. The molecule has 3 heteroatoms. The Kier molecular flexibility index (Phi) is 4.54. The molecule has 1 fully saturated rings. The second kappa shape index (κ2) is 5.81. The van der Waals surface area contributed by atoms with Crippen molar-refractivity contribution in [3.8, 4) is 0 Å². The minimum Gasteiger partial charge on any atom is -0.312 e. The second-order valence-corrected chi connectivity index (χ2v) is 7.45. The molecule has 0 spiro atoms. The Morgan fingerprint density at radius 3 is 2.42 bits per heavy atom. The maximum atomic E-state index is 12.7. The van der Waals surface area contributed by atoms with Gasteiger partial charge in [-0.15, -0.1) is 0 Å². The van der Waals surface area contributed by atoms with E-state index in [1.165, 1.54) is 0 Å². The van der Waals surface area contributed by atoms with Gasteiger partial charge in [0.2, 0.25) is 5.91 Å². The molecule has 1 amide bonds. The fourth-order valence-electron chi connectivity index (χ4n) is 2.76. The van der Waals surface area contributed by atoms with Gasteiger partial charge in [-0.05, 0) is 29.9 Å². The quantitative estimate of drug-likeness (QED) is 0.578. The third kappa shape index (κ3) is 3.50. The summed E-state index contributed by atoms with van der Waals surface area (Å²) in [6, 6.07) is 10.0. The van der Waals surface area contributed by atoms with Crippen LogP contribution in [-0.4, -0.2) is 16.9 Å². The summed E-state index contributed by atoms with van der Waals surface area (Å²) in [5.41, 5.74) is 1.25. The van der Waals surface area contributed by atoms with E-state index in [0.717, 1.165) is 23.1 Å². The molecule has 0 aliphatic carbocycles. The fraction of sp³-hybridized carbons (Fsp3) is 0.562.